The van der Waals surface area contributed by atoms with E-state index in [4.69, 9.17) is 0 Å². The van der Waals surface area contributed by atoms with Gasteiger partial charge in [0.2, 0.25) is 0 Å². The molecule has 4 rings (SSSR count). The van der Waals surface area contributed by atoms with Gasteiger partial charge in [0.25, 0.3) is 0 Å². The molecule has 0 bridgehead atoms. The Morgan fingerprint density at radius 2 is 2.04 bits per heavy atom. The first-order valence-electron chi connectivity index (χ1n) is 8.70. The lowest BCUT2D eigenvalue weighted by Gasteiger charge is -2.50. The zero-order valence-corrected chi connectivity index (χ0v) is 14.0. The van der Waals surface area contributed by atoms with Gasteiger partial charge in [0.15, 0.2) is 0 Å². The SMILES string of the molecule is CC1C(=O)CC[C@]2(Cc3ccccc3)c3c(cnn3C)CCC12. The molecule has 1 heterocycles. The minimum absolute atomic E-state index is 0.0630. The second-order valence-corrected chi connectivity index (χ2v) is 7.36. The van der Waals surface area contributed by atoms with Gasteiger partial charge in [0.05, 0.1) is 6.20 Å². The summed E-state index contributed by atoms with van der Waals surface area (Å²) in [5.41, 5.74) is 4.21. The van der Waals surface area contributed by atoms with Crippen LogP contribution in [0.15, 0.2) is 36.5 Å². The summed E-state index contributed by atoms with van der Waals surface area (Å²) >= 11 is 0. The number of nitrogens with zero attached hydrogens (tertiary/aromatic N) is 2. The van der Waals surface area contributed by atoms with Crippen LogP contribution >= 0.6 is 0 Å². The normalized spacial score (nSPS) is 29.9. The van der Waals surface area contributed by atoms with Crippen molar-refractivity contribution < 1.29 is 4.79 Å². The van der Waals surface area contributed by atoms with Gasteiger partial charge in [0, 0.05) is 30.5 Å². The van der Waals surface area contributed by atoms with Crippen molar-refractivity contribution in [3.05, 3.63) is 53.3 Å². The van der Waals surface area contributed by atoms with E-state index in [9.17, 15) is 4.79 Å². The van der Waals surface area contributed by atoms with Crippen molar-refractivity contribution in [3.8, 4) is 0 Å². The Bertz CT molecular complexity index is 733. The van der Waals surface area contributed by atoms with E-state index in [1.807, 2.05) is 6.20 Å². The predicted octanol–water partition coefficient (Wildman–Crippen LogP) is 3.46. The number of Topliss-reactive ketones (excluding diaryl/α,β-unsaturated/α-hetero) is 1. The van der Waals surface area contributed by atoms with Crippen LogP contribution in [0.5, 0.6) is 0 Å². The highest BCUT2D eigenvalue weighted by molar-refractivity contribution is 5.82. The van der Waals surface area contributed by atoms with Crippen molar-refractivity contribution in [2.75, 3.05) is 0 Å². The van der Waals surface area contributed by atoms with Gasteiger partial charge in [-0.1, -0.05) is 37.3 Å². The number of hydrogen-bond donors (Lipinski definition) is 0. The molecule has 0 N–H and O–H groups in total. The van der Waals surface area contributed by atoms with Gasteiger partial charge in [-0.25, -0.2) is 0 Å². The zero-order valence-electron chi connectivity index (χ0n) is 14.0. The molecule has 3 atom stereocenters. The van der Waals surface area contributed by atoms with Gasteiger partial charge in [0.1, 0.15) is 5.78 Å². The topological polar surface area (TPSA) is 34.9 Å². The maximum absolute atomic E-state index is 12.4. The van der Waals surface area contributed by atoms with E-state index in [-0.39, 0.29) is 11.3 Å². The van der Waals surface area contributed by atoms with Crippen LogP contribution in [0.3, 0.4) is 0 Å². The van der Waals surface area contributed by atoms with Gasteiger partial charge >= 0.3 is 0 Å². The van der Waals surface area contributed by atoms with Crippen LogP contribution < -0.4 is 0 Å². The molecule has 3 heteroatoms. The highest BCUT2D eigenvalue weighted by Crippen LogP contribution is 2.52. The van der Waals surface area contributed by atoms with E-state index in [2.05, 4.69) is 54.1 Å². The summed E-state index contributed by atoms with van der Waals surface area (Å²) in [5, 5.41) is 4.55. The number of rotatable bonds is 2. The second kappa shape index (κ2) is 5.33. The Labute approximate surface area is 137 Å². The molecular weight excluding hydrogens is 284 g/mol. The molecule has 0 saturated heterocycles. The van der Waals surface area contributed by atoms with Crippen LogP contribution in [0.1, 0.15) is 43.0 Å². The molecule has 1 aromatic heterocycles. The van der Waals surface area contributed by atoms with Crippen molar-refractivity contribution in [1.82, 2.24) is 9.78 Å². The average molecular weight is 308 g/mol. The van der Waals surface area contributed by atoms with Crippen LogP contribution in [0.25, 0.3) is 0 Å². The molecule has 3 nitrogen and oxygen atoms in total. The summed E-state index contributed by atoms with van der Waals surface area (Å²) in [7, 11) is 2.06. The summed E-state index contributed by atoms with van der Waals surface area (Å²) in [6, 6.07) is 10.7. The number of hydrogen-bond acceptors (Lipinski definition) is 2. The van der Waals surface area contributed by atoms with Gasteiger partial charge in [-0.2, -0.15) is 5.10 Å². The number of aromatic nitrogens is 2. The molecule has 120 valence electrons. The number of carbonyl (C=O) groups excluding carboxylic acids is 1. The quantitative estimate of drug-likeness (QED) is 0.851. The highest BCUT2D eigenvalue weighted by atomic mass is 16.1. The molecule has 0 radical (unpaired) electrons. The first-order chi connectivity index (χ1) is 11.1. The van der Waals surface area contributed by atoms with E-state index in [1.54, 1.807) is 0 Å². The molecule has 1 saturated carbocycles. The van der Waals surface area contributed by atoms with E-state index in [1.165, 1.54) is 16.8 Å². The van der Waals surface area contributed by atoms with Crippen molar-refractivity contribution in [2.24, 2.45) is 18.9 Å². The summed E-state index contributed by atoms with van der Waals surface area (Å²) in [6.45, 7) is 2.15. The third-order valence-corrected chi connectivity index (χ3v) is 6.21. The van der Waals surface area contributed by atoms with Crippen LogP contribution in [0, 0.1) is 11.8 Å². The summed E-state index contributed by atoms with van der Waals surface area (Å²) in [4.78, 5) is 12.4. The molecule has 0 amide bonds. The fourth-order valence-corrected chi connectivity index (χ4v) is 5.16. The summed E-state index contributed by atoms with van der Waals surface area (Å²) in [5.74, 6) is 1.05. The van der Waals surface area contributed by atoms with Crippen LogP contribution in [-0.4, -0.2) is 15.6 Å². The van der Waals surface area contributed by atoms with Gasteiger partial charge in [-0.15, -0.1) is 0 Å². The average Bonchev–Trinajstić information content (AvgIpc) is 2.95. The Balaban J connectivity index is 1.86. The van der Waals surface area contributed by atoms with Crippen molar-refractivity contribution in [2.45, 2.75) is 44.4 Å². The number of fused-ring (bicyclic) bond motifs is 3. The Morgan fingerprint density at radius 3 is 2.83 bits per heavy atom. The molecular formula is C20H24N2O. The zero-order chi connectivity index (χ0) is 16.0. The molecule has 2 unspecified atom stereocenters. The molecule has 0 aliphatic heterocycles. The van der Waals surface area contributed by atoms with Crippen molar-refractivity contribution in [3.63, 3.8) is 0 Å². The first kappa shape index (κ1) is 14.7. The van der Waals surface area contributed by atoms with Gasteiger partial charge < -0.3 is 0 Å². The Morgan fingerprint density at radius 1 is 1.26 bits per heavy atom. The lowest BCUT2D eigenvalue weighted by atomic mass is 9.53. The molecule has 1 aromatic carbocycles. The largest absolute Gasteiger partial charge is 0.299 e. The Kier molecular flexibility index (Phi) is 3.40. The third kappa shape index (κ3) is 2.17. The van der Waals surface area contributed by atoms with Crippen molar-refractivity contribution >= 4 is 5.78 Å². The minimum atomic E-state index is 0.0630. The lowest BCUT2D eigenvalue weighted by molar-refractivity contribution is -0.129. The summed E-state index contributed by atoms with van der Waals surface area (Å²) in [6.07, 6.45) is 6.89. The second-order valence-electron chi connectivity index (χ2n) is 7.36. The Hall–Kier alpha value is -1.90. The number of benzene rings is 1. The smallest absolute Gasteiger partial charge is 0.136 e. The molecule has 23 heavy (non-hydrogen) atoms. The van der Waals surface area contributed by atoms with Crippen molar-refractivity contribution in [1.29, 1.82) is 0 Å². The fraction of sp³-hybridized carbons (Fsp3) is 0.500. The van der Waals surface area contributed by atoms with Crippen LogP contribution in [-0.2, 0) is 30.1 Å². The summed E-state index contributed by atoms with van der Waals surface area (Å²) < 4.78 is 2.08. The van der Waals surface area contributed by atoms with Crippen LogP contribution in [0.2, 0.25) is 0 Å². The maximum Gasteiger partial charge on any atom is 0.136 e. The highest BCUT2D eigenvalue weighted by Gasteiger charge is 2.52. The molecule has 2 aliphatic rings. The van der Waals surface area contributed by atoms with Gasteiger partial charge in [-0.05, 0) is 42.7 Å². The fourth-order valence-electron chi connectivity index (χ4n) is 5.16. The number of aryl methyl sites for hydroxylation is 2. The molecule has 2 aliphatic carbocycles. The molecule has 0 spiro atoms. The maximum atomic E-state index is 12.4. The van der Waals surface area contributed by atoms with Crippen LogP contribution in [0.4, 0.5) is 0 Å². The monoisotopic (exact) mass is 308 g/mol. The minimum Gasteiger partial charge on any atom is -0.299 e. The molecule has 2 aromatic rings. The predicted molar refractivity (Wildman–Crippen MR) is 90.2 cm³/mol. The van der Waals surface area contributed by atoms with E-state index >= 15 is 0 Å². The van der Waals surface area contributed by atoms with E-state index in [0.717, 1.165) is 25.7 Å². The lowest BCUT2D eigenvalue weighted by Crippen LogP contribution is -2.50. The van der Waals surface area contributed by atoms with E-state index < -0.39 is 0 Å². The number of ketones is 1. The van der Waals surface area contributed by atoms with Gasteiger partial charge in [-0.3, -0.25) is 9.48 Å². The first-order valence-corrected chi connectivity index (χ1v) is 8.70. The number of carbonyl (C=O) groups is 1. The standard InChI is InChI=1S/C20H24N2O/c1-14-17-9-8-16-13-21-22(2)19(16)20(17,11-10-18(14)23)12-15-6-4-3-5-7-15/h3-7,13-14,17H,8-12H2,1-2H3/t14?,17?,20-/m1/s1. The van der Waals surface area contributed by atoms with E-state index in [0.29, 0.717) is 18.1 Å². The molecule has 1 fully saturated rings. The third-order valence-electron chi connectivity index (χ3n) is 6.21.